The Kier molecular flexibility index (Phi) is 10.2. The topological polar surface area (TPSA) is 70.2 Å². The minimum Gasteiger partial charge on any atom is -0.493 e. The zero-order valence-corrected chi connectivity index (χ0v) is 20.6. The predicted molar refractivity (Wildman–Crippen MR) is 135 cm³/mol. The highest BCUT2D eigenvalue weighted by Gasteiger charge is 2.12. The lowest BCUT2D eigenvalue weighted by atomic mass is 10.1. The van der Waals surface area contributed by atoms with Crippen LogP contribution < -0.4 is 10.1 Å². The van der Waals surface area contributed by atoms with E-state index in [4.69, 9.17) is 4.74 Å². The first-order chi connectivity index (χ1) is 15.3. The Balaban J connectivity index is 0.00000289. The van der Waals surface area contributed by atoms with Gasteiger partial charge in [0, 0.05) is 23.3 Å². The fraction of sp³-hybridized carbons (Fsp3) is 0.478. The van der Waals surface area contributed by atoms with Gasteiger partial charge in [0.15, 0.2) is 5.16 Å². The standard InChI is InChI=1S/C23H30N4O2S2.ClH/c28-22(17-31-23-25-20-8-2-3-9-21(20)26-23)24-10-4-7-13-29-18-14-19(30-16-18)15-27-11-5-1-6-12-27;/h2-3,8-9,14,16H,1,4-7,10-13,15,17H2,(H,24,28)(H,25,26);1H. The maximum Gasteiger partial charge on any atom is 0.230 e. The second kappa shape index (κ2) is 13.1. The SMILES string of the molecule is Cl.O=C(CSc1nc2ccccc2[nH]1)NCCCCOc1csc(CN2CCCCC2)c1. The summed E-state index contributed by atoms with van der Waals surface area (Å²) in [6, 6.07) is 10.1. The van der Waals surface area contributed by atoms with Crippen molar-refractivity contribution >= 4 is 52.4 Å². The van der Waals surface area contributed by atoms with Gasteiger partial charge in [0.25, 0.3) is 0 Å². The van der Waals surface area contributed by atoms with Gasteiger partial charge in [-0.25, -0.2) is 4.98 Å². The highest BCUT2D eigenvalue weighted by atomic mass is 35.5. The number of aromatic amines is 1. The van der Waals surface area contributed by atoms with Crippen LogP contribution in [-0.4, -0.2) is 52.8 Å². The largest absolute Gasteiger partial charge is 0.493 e. The maximum atomic E-state index is 12.0. The number of rotatable bonds is 11. The van der Waals surface area contributed by atoms with E-state index in [2.05, 4.69) is 31.6 Å². The van der Waals surface area contributed by atoms with E-state index in [9.17, 15) is 4.79 Å². The van der Waals surface area contributed by atoms with E-state index in [1.165, 1.54) is 49.0 Å². The molecule has 1 fully saturated rings. The number of H-pyrrole nitrogens is 1. The highest BCUT2D eigenvalue weighted by Crippen LogP contribution is 2.24. The molecule has 174 valence electrons. The molecule has 2 aromatic heterocycles. The summed E-state index contributed by atoms with van der Waals surface area (Å²) < 4.78 is 5.88. The van der Waals surface area contributed by atoms with Gasteiger partial charge in [0.2, 0.25) is 5.91 Å². The minimum absolute atomic E-state index is 0. The number of ether oxygens (including phenoxy) is 1. The number of fused-ring (bicyclic) bond motifs is 1. The smallest absolute Gasteiger partial charge is 0.230 e. The van der Waals surface area contributed by atoms with Gasteiger partial charge in [-0.2, -0.15) is 0 Å². The first kappa shape index (κ1) is 24.9. The van der Waals surface area contributed by atoms with Crippen molar-refractivity contribution in [3.8, 4) is 5.75 Å². The van der Waals surface area contributed by atoms with Crippen molar-refractivity contribution in [2.75, 3.05) is 32.0 Å². The molecule has 0 spiro atoms. The van der Waals surface area contributed by atoms with Crippen LogP contribution in [0.3, 0.4) is 0 Å². The quantitative estimate of drug-likeness (QED) is 0.286. The zero-order chi connectivity index (χ0) is 21.3. The number of aromatic nitrogens is 2. The Bertz CT molecular complexity index is 939. The lowest BCUT2D eigenvalue weighted by molar-refractivity contribution is -0.118. The van der Waals surface area contributed by atoms with Crippen molar-refractivity contribution in [1.82, 2.24) is 20.2 Å². The van der Waals surface area contributed by atoms with E-state index in [0.29, 0.717) is 18.9 Å². The molecule has 0 radical (unpaired) electrons. The Morgan fingerprint density at radius 2 is 2.06 bits per heavy atom. The second-order valence-corrected chi connectivity index (χ2v) is 9.80. The molecule has 0 aliphatic carbocycles. The van der Waals surface area contributed by atoms with E-state index in [1.807, 2.05) is 24.3 Å². The van der Waals surface area contributed by atoms with Gasteiger partial charge in [0.1, 0.15) is 5.75 Å². The summed E-state index contributed by atoms with van der Waals surface area (Å²) in [5.41, 5.74) is 1.92. The number of hydrogen-bond acceptors (Lipinski definition) is 6. The first-order valence-corrected chi connectivity index (χ1v) is 12.9. The summed E-state index contributed by atoms with van der Waals surface area (Å²) in [6.07, 6.45) is 5.85. The average Bonchev–Trinajstić information content (AvgIpc) is 3.41. The third-order valence-corrected chi connectivity index (χ3v) is 7.10. The number of likely N-dealkylation sites (tertiary alicyclic amines) is 1. The lowest BCUT2D eigenvalue weighted by Gasteiger charge is -2.25. The van der Waals surface area contributed by atoms with Crippen LogP contribution in [0.4, 0.5) is 0 Å². The minimum atomic E-state index is 0. The van der Waals surface area contributed by atoms with Gasteiger partial charge in [-0.05, 0) is 57.0 Å². The van der Waals surface area contributed by atoms with Crippen LogP contribution in [0.25, 0.3) is 11.0 Å². The van der Waals surface area contributed by atoms with Gasteiger partial charge in [-0.1, -0.05) is 30.3 Å². The van der Waals surface area contributed by atoms with Crippen LogP contribution in [0.1, 0.15) is 37.0 Å². The molecule has 0 unspecified atom stereocenters. The van der Waals surface area contributed by atoms with Crippen molar-refractivity contribution in [2.24, 2.45) is 0 Å². The van der Waals surface area contributed by atoms with Crippen molar-refractivity contribution in [3.05, 3.63) is 40.6 Å². The Morgan fingerprint density at radius 1 is 1.22 bits per heavy atom. The van der Waals surface area contributed by atoms with Crippen LogP contribution in [0.15, 0.2) is 40.9 Å². The Hall–Kier alpha value is -1.74. The molecule has 1 amide bonds. The summed E-state index contributed by atoms with van der Waals surface area (Å²) >= 11 is 3.22. The molecule has 3 heterocycles. The average molecular weight is 495 g/mol. The van der Waals surface area contributed by atoms with E-state index < -0.39 is 0 Å². The van der Waals surface area contributed by atoms with Crippen molar-refractivity contribution in [1.29, 1.82) is 0 Å². The Morgan fingerprint density at radius 3 is 2.91 bits per heavy atom. The molecule has 4 rings (SSSR count). The number of nitrogens with one attached hydrogen (secondary N) is 2. The van der Waals surface area contributed by atoms with Crippen LogP contribution in [0, 0.1) is 0 Å². The van der Waals surface area contributed by atoms with E-state index in [-0.39, 0.29) is 18.3 Å². The van der Waals surface area contributed by atoms with Gasteiger partial charge in [-0.3, -0.25) is 9.69 Å². The van der Waals surface area contributed by atoms with Gasteiger partial charge in [0.05, 0.1) is 23.4 Å². The number of carbonyl (C=O) groups is 1. The molecule has 0 bridgehead atoms. The molecule has 2 N–H and O–H groups in total. The molecule has 3 aromatic rings. The molecule has 1 aromatic carbocycles. The third-order valence-electron chi connectivity index (χ3n) is 5.33. The number of thioether (sulfide) groups is 1. The van der Waals surface area contributed by atoms with Crippen molar-refractivity contribution < 1.29 is 9.53 Å². The summed E-state index contributed by atoms with van der Waals surface area (Å²) in [5, 5.41) is 5.86. The normalized spacial score (nSPS) is 14.2. The maximum absolute atomic E-state index is 12.0. The number of imidazole rings is 1. The molecule has 1 aliphatic rings. The number of unbranched alkanes of at least 4 members (excludes halogenated alkanes) is 1. The predicted octanol–water partition coefficient (Wildman–Crippen LogP) is 5.10. The molecule has 1 saturated heterocycles. The van der Waals surface area contributed by atoms with Crippen LogP contribution >= 0.6 is 35.5 Å². The molecule has 9 heteroatoms. The Labute approximate surface area is 203 Å². The molecular weight excluding hydrogens is 464 g/mol. The molecular formula is C23H31ClN4O2S2. The van der Waals surface area contributed by atoms with E-state index >= 15 is 0 Å². The van der Waals surface area contributed by atoms with Crippen molar-refractivity contribution in [3.63, 3.8) is 0 Å². The number of halogens is 1. The fourth-order valence-corrected chi connectivity index (χ4v) is 5.24. The second-order valence-electron chi connectivity index (χ2n) is 7.84. The monoisotopic (exact) mass is 494 g/mol. The van der Waals surface area contributed by atoms with E-state index in [1.54, 1.807) is 11.3 Å². The zero-order valence-electron chi connectivity index (χ0n) is 18.2. The fourth-order valence-electron chi connectivity index (χ4n) is 3.68. The number of piperidine rings is 1. The van der Waals surface area contributed by atoms with Crippen molar-refractivity contribution in [2.45, 2.75) is 43.8 Å². The van der Waals surface area contributed by atoms with Gasteiger partial charge < -0.3 is 15.0 Å². The molecule has 1 aliphatic heterocycles. The van der Waals surface area contributed by atoms with Gasteiger partial charge >= 0.3 is 0 Å². The van der Waals surface area contributed by atoms with Crippen LogP contribution in [0.5, 0.6) is 5.75 Å². The third kappa shape index (κ3) is 7.69. The van der Waals surface area contributed by atoms with Gasteiger partial charge in [-0.15, -0.1) is 23.7 Å². The summed E-state index contributed by atoms with van der Waals surface area (Å²) in [4.78, 5) is 23.7. The number of thiophene rings is 1. The summed E-state index contributed by atoms with van der Waals surface area (Å²) in [6.45, 7) is 4.84. The number of amides is 1. The highest BCUT2D eigenvalue weighted by molar-refractivity contribution is 7.99. The number of nitrogens with zero attached hydrogens (tertiary/aromatic N) is 2. The molecule has 6 nitrogen and oxygen atoms in total. The van der Waals surface area contributed by atoms with Crippen LogP contribution in [0.2, 0.25) is 0 Å². The number of carbonyl (C=O) groups excluding carboxylic acids is 1. The first-order valence-electron chi connectivity index (χ1n) is 11.0. The summed E-state index contributed by atoms with van der Waals surface area (Å²) in [7, 11) is 0. The van der Waals surface area contributed by atoms with Crippen LogP contribution in [-0.2, 0) is 11.3 Å². The number of hydrogen-bond donors (Lipinski definition) is 2. The molecule has 0 saturated carbocycles. The van der Waals surface area contributed by atoms with E-state index in [0.717, 1.165) is 41.3 Å². The number of para-hydroxylation sites is 2. The number of benzene rings is 1. The molecule has 0 atom stereocenters. The molecule has 32 heavy (non-hydrogen) atoms. The lowest BCUT2D eigenvalue weighted by Crippen LogP contribution is -2.28. The summed E-state index contributed by atoms with van der Waals surface area (Å²) in [5.74, 6) is 1.38.